The molecule has 0 aliphatic heterocycles. The summed E-state index contributed by atoms with van der Waals surface area (Å²) in [7, 11) is 0. The number of thiophene rings is 1. The van der Waals surface area contributed by atoms with Crippen LogP contribution in [0.5, 0.6) is 0 Å². The summed E-state index contributed by atoms with van der Waals surface area (Å²) in [5.41, 5.74) is 1.22. The average Bonchev–Trinajstić information content (AvgIpc) is 2.18. The van der Waals surface area contributed by atoms with Gasteiger partial charge in [0, 0.05) is 0 Å². The van der Waals surface area contributed by atoms with Gasteiger partial charge >= 0.3 is 0 Å². The lowest BCUT2D eigenvalue weighted by Crippen LogP contribution is -1.58. The Balaban J connectivity index is 2.94. The van der Waals surface area contributed by atoms with Crippen molar-refractivity contribution in [1.82, 2.24) is 0 Å². The first-order valence-electron chi connectivity index (χ1n) is 2.34. The van der Waals surface area contributed by atoms with Crippen LogP contribution in [-0.2, 0) is 0 Å². The summed E-state index contributed by atoms with van der Waals surface area (Å²) in [5.74, 6) is 0. The molecule has 0 amide bonds. The Hall–Kier alpha value is 0.400. The van der Waals surface area contributed by atoms with Crippen molar-refractivity contribution in [1.29, 1.82) is 0 Å². The molecular weight excluding hydrogens is 264 g/mol. The predicted octanol–water partition coefficient (Wildman–Crippen LogP) is 3.88. The van der Waals surface area contributed by atoms with Crippen molar-refractivity contribution in [2.75, 3.05) is 0 Å². The van der Waals surface area contributed by atoms with Gasteiger partial charge < -0.3 is 0 Å². The summed E-state index contributed by atoms with van der Waals surface area (Å²) < 4.78 is 1.18. The van der Waals surface area contributed by atoms with Gasteiger partial charge in [-0.25, -0.2) is 0 Å². The molecule has 0 bridgehead atoms. The smallest absolute Gasteiger partial charge is 0.0770 e. The first kappa shape index (κ1) is 7.51. The van der Waals surface area contributed by atoms with Crippen LogP contribution in [0.25, 0.3) is 6.08 Å². The molecular formula is C6H4Br2S. The molecule has 0 fully saturated rings. The standard InChI is InChI=1S/C6H4Br2S/c7-3-1-5-2-4-9-6(5)8/h1-4H/b3-1-. The fourth-order valence-corrected chi connectivity index (χ4v) is 1.97. The van der Waals surface area contributed by atoms with Crippen LogP contribution >= 0.6 is 43.2 Å². The molecule has 1 aromatic heterocycles. The van der Waals surface area contributed by atoms with E-state index >= 15 is 0 Å². The van der Waals surface area contributed by atoms with Crippen molar-refractivity contribution in [3.05, 3.63) is 25.8 Å². The lowest BCUT2D eigenvalue weighted by atomic mass is 10.3. The van der Waals surface area contributed by atoms with Crippen LogP contribution < -0.4 is 0 Å². The Morgan fingerprint density at radius 1 is 1.56 bits per heavy atom. The normalized spacial score (nSPS) is 10.9. The summed E-state index contributed by atoms with van der Waals surface area (Å²) in [5, 5.41) is 2.05. The zero-order chi connectivity index (χ0) is 6.69. The highest BCUT2D eigenvalue weighted by atomic mass is 79.9. The van der Waals surface area contributed by atoms with Crippen molar-refractivity contribution < 1.29 is 0 Å². The largest absolute Gasteiger partial charge is 0.136 e. The van der Waals surface area contributed by atoms with Gasteiger partial charge in [0.05, 0.1) is 3.79 Å². The molecule has 0 radical (unpaired) electrons. The van der Waals surface area contributed by atoms with Gasteiger partial charge in [-0.3, -0.25) is 0 Å². The first-order valence-corrected chi connectivity index (χ1v) is 4.93. The third kappa shape index (κ3) is 1.92. The molecule has 0 saturated heterocycles. The fourth-order valence-electron chi connectivity index (χ4n) is 0.490. The Morgan fingerprint density at radius 3 is 2.78 bits per heavy atom. The van der Waals surface area contributed by atoms with E-state index in [2.05, 4.69) is 37.9 Å². The van der Waals surface area contributed by atoms with Crippen LogP contribution in [-0.4, -0.2) is 0 Å². The predicted molar refractivity (Wildman–Crippen MR) is 50.0 cm³/mol. The number of halogens is 2. The number of hydrogen-bond donors (Lipinski definition) is 0. The van der Waals surface area contributed by atoms with Gasteiger partial charge in [0.1, 0.15) is 0 Å². The second-order valence-electron chi connectivity index (χ2n) is 1.44. The van der Waals surface area contributed by atoms with Crippen LogP contribution in [0.1, 0.15) is 5.56 Å². The third-order valence-electron chi connectivity index (χ3n) is 0.889. The summed E-state index contributed by atoms with van der Waals surface area (Å²) in [6.45, 7) is 0. The van der Waals surface area contributed by atoms with E-state index in [1.165, 1.54) is 9.35 Å². The minimum atomic E-state index is 1.18. The zero-order valence-electron chi connectivity index (χ0n) is 4.47. The Kier molecular flexibility index (Phi) is 2.95. The molecule has 1 aromatic rings. The van der Waals surface area contributed by atoms with Gasteiger partial charge in [-0.2, -0.15) is 0 Å². The van der Waals surface area contributed by atoms with Crippen molar-refractivity contribution in [3.63, 3.8) is 0 Å². The zero-order valence-corrected chi connectivity index (χ0v) is 8.46. The quantitative estimate of drug-likeness (QED) is 0.725. The average molecular weight is 268 g/mol. The monoisotopic (exact) mass is 266 g/mol. The van der Waals surface area contributed by atoms with Crippen molar-refractivity contribution in [2.45, 2.75) is 0 Å². The van der Waals surface area contributed by atoms with E-state index in [-0.39, 0.29) is 0 Å². The van der Waals surface area contributed by atoms with Crippen molar-refractivity contribution >= 4 is 49.3 Å². The summed E-state index contributed by atoms with van der Waals surface area (Å²) in [4.78, 5) is 1.85. The Bertz CT molecular complexity index is 215. The van der Waals surface area contributed by atoms with Gasteiger partial charge in [0.2, 0.25) is 0 Å². The van der Waals surface area contributed by atoms with Crippen molar-refractivity contribution in [3.8, 4) is 0 Å². The molecule has 3 heteroatoms. The minimum absolute atomic E-state index is 1.18. The molecule has 0 unspecified atom stereocenters. The molecule has 0 spiro atoms. The first-order chi connectivity index (χ1) is 4.34. The SMILES string of the molecule is Br/C=C\c1ccsc1Br. The Labute approximate surface area is 74.8 Å². The molecule has 0 N–H and O–H groups in total. The Morgan fingerprint density at radius 2 is 2.33 bits per heavy atom. The van der Waals surface area contributed by atoms with Gasteiger partial charge in [-0.15, -0.1) is 11.3 Å². The third-order valence-corrected chi connectivity index (χ3v) is 2.89. The highest BCUT2D eigenvalue weighted by Gasteiger charge is 1.93. The van der Waals surface area contributed by atoms with E-state index in [1.807, 2.05) is 16.4 Å². The fraction of sp³-hybridized carbons (Fsp3) is 0. The van der Waals surface area contributed by atoms with E-state index in [1.54, 1.807) is 11.3 Å². The lowest BCUT2D eigenvalue weighted by molar-refractivity contribution is 1.84. The van der Waals surface area contributed by atoms with E-state index < -0.39 is 0 Å². The molecule has 0 nitrogen and oxygen atoms in total. The maximum atomic E-state index is 3.41. The van der Waals surface area contributed by atoms with Crippen LogP contribution in [0.15, 0.2) is 20.2 Å². The maximum Gasteiger partial charge on any atom is 0.0770 e. The van der Waals surface area contributed by atoms with E-state index in [9.17, 15) is 0 Å². The lowest BCUT2D eigenvalue weighted by Gasteiger charge is -1.82. The van der Waals surface area contributed by atoms with Gasteiger partial charge in [-0.1, -0.05) is 15.9 Å². The van der Waals surface area contributed by atoms with E-state index in [4.69, 9.17) is 0 Å². The van der Waals surface area contributed by atoms with Crippen LogP contribution in [0.2, 0.25) is 0 Å². The van der Waals surface area contributed by atoms with Crippen molar-refractivity contribution in [2.24, 2.45) is 0 Å². The highest BCUT2D eigenvalue weighted by molar-refractivity contribution is 9.11. The molecule has 0 atom stereocenters. The molecule has 0 aromatic carbocycles. The second-order valence-corrected chi connectivity index (χ2v) is 4.20. The van der Waals surface area contributed by atoms with Crippen LogP contribution in [0.4, 0.5) is 0 Å². The molecule has 9 heavy (non-hydrogen) atoms. The summed E-state index contributed by atoms with van der Waals surface area (Å²) in [6.07, 6.45) is 2.00. The minimum Gasteiger partial charge on any atom is -0.136 e. The van der Waals surface area contributed by atoms with Gasteiger partial charge in [0.25, 0.3) is 0 Å². The second kappa shape index (κ2) is 3.54. The van der Waals surface area contributed by atoms with Crippen LogP contribution in [0, 0.1) is 0 Å². The highest BCUT2D eigenvalue weighted by Crippen LogP contribution is 2.24. The van der Waals surface area contributed by atoms with Crippen LogP contribution in [0.3, 0.4) is 0 Å². The van der Waals surface area contributed by atoms with Gasteiger partial charge in [0.15, 0.2) is 0 Å². The molecule has 1 heterocycles. The molecule has 48 valence electrons. The summed E-state index contributed by atoms with van der Waals surface area (Å²) >= 11 is 8.31. The summed E-state index contributed by atoms with van der Waals surface area (Å²) in [6, 6.07) is 2.06. The van der Waals surface area contributed by atoms with Gasteiger partial charge in [-0.05, 0) is 44.0 Å². The number of rotatable bonds is 1. The molecule has 0 aliphatic rings. The van der Waals surface area contributed by atoms with E-state index in [0.717, 1.165) is 0 Å². The van der Waals surface area contributed by atoms with E-state index in [0.29, 0.717) is 0 Å². The maximum absolute atomic E-state index is 3.41. The molecule has 1 rings (SSSR count). The topological polar surface area (TPSA) is 0 Å². The number of hydrogen-bond acceptors (Lipinski definition) is 1. The molecule has 0 aliphatic carbocycles. The molecule has 0 saturated carbocycles.